The Bertz CT molecular complexity index is 536. The van der Waals surface area contributed by atoms with Gasteiger partial charge >= 0.3 is 5.97 Å². The zero-order valence-electron chi connectivity index (χ0n) is 10.2. The van der Waals surface area contributed by atoms with Crippen LogP contribution in [0, 0.1) is 0 Å². The number of H-pyrrole nitrogens is 1. The molecule has 0 aliphatic carbocycles. The average molecular weight is 247 g/mol. The first-order valence-corrected chi connectivity index (χ1v) is 5.88. The number of rotatable bonds is 6. The fourth-order valence-electron chi connectivity index (χ4n) is 1.94. The van der Waals surface area contributed by atoms with Crippen LogP contribution in [0.1, 0.15) is 5.56 Å². The number of hydrogen-bond donors (Lipinski definition) is 4. The van der Waals surface area contributed by atoms with Crippen molar-refractivity contribution in [1.82, 2.24) is 15.6 Å². The molecule has 0 aliphatic heterocycles. The molecule has 1 heterocycles. The number of para-hydroxylation sites is 1. The van der Waals surface area contributed by atoms with E-state index in [-0.39, 0.29) is 0 Å². The van der Waals surface area contributed by atoms with Crippen LogP contribution in [-0.4, -0.2) is 35.7 Å². The van der Waals surface area contributed by atoms with Crippen molar-refractivity contribution in [1.29, 1.82) is 0 Å². The van der Waals surface area contributed by atoms with E-state index >= 15 is 0 Å². The molecule has 0 saturated carbocycles. The van der Waals surface area contributed by atoms with Gasteiger partial charge in [0.15, 0.2) is 0 Å². The highest BCUT2D eigenvalue weighted by atomic mass is 16.4. The molecule has 0 aliphatic rings. The highest BCUT2D eigenvalue weighted by Crippen LogP contribution is 2.17. The summed E-state index contributed by atoms with van der Waals surface area (Å²) in [6.45, 7) is 1.04. The van der Waals surface area contributed by atoms with E-state index in [0.717, 1.165) is 11.1 Å². The molecule has 96 valence electrons. The molecule has 0 bridgehead atoms. The summed E-state index contributed by atoms with van der Waals surface area (Å²) < 4.78 is 0. The number of aromatic amines is 1. The Hall–Kier alpha value is -1.85. The summed E-state index contributed by atoms with van der Waals surface area (Å²) in [5, 5.41) is 16.0. The van der Waals surface area contributed by atoms with Gasteiger partial charge in [-0.05, 0) is 18.7 Å². The van der Waals surface area contributed by atoms with E-state index in [2.05, 4.69) is 21.7 Å². The average Bonchev–Trinajstić information content (AvgIpc) is 2.78. The van der Waals surface area contributed by atoms with Crippen LogP contribution in [0.15, 0.2) is 30.5 Å². The summed E-state index contributed by atoms with van der Waals surface area (Å²) in [6.07, 6.45) is 1.95. The Morgan fingerprint density at radius 1 is 1.44 bits per heavy atom. The lowest BCUT2D eigenvalue weighted by Gasteiger charge is -2.11. The summed E-state index contributed by atoms with van der Waals surface area (Å²) in [7, 11) is 1.64. The zero-order chi connectivity index (χ0) is 13.0. The molecule has 4 N–H and O–H groups in total. The van der Waals surface area contributed by atoms with Crippen LogP contribution in [0.25, 0.3) is 10.9 Å². The van der Waals surface area contributed by atoms with E-state index in [1.807, 2.05) is 24.4 Å². The first-order chi connectivity index (χ1) is 8.72. The molecule has 0 spiro atoms. The van der Waals surface area contributed by atoms with Crippen molar-refractivity contribution >= 4 is 16.9 Å². The molecule has 0 fully saturated rings. The maximum Gasteiger partial charge on any atom is 0.322 e. The number of likely N-dealkylation sites (N-methyl/N-ethyl adjacent to an activating group) is 1. The fourth-order valence-corrected chi connectivity index (χ4v) is 1.94. The third kappa shape index (κ3) is 2.69. The molecule has 1 unspecified atom stereocenters. The molecule has 2 aromatic rings. The van der Waals surface area contributed by atoms with Crippen LogP contribution in [0.3, 0.4) is 0 Å². The lowest BCUT2D eigenvalue weighted by Crippen LogP contribution is -2.42. The lowest BCUT2D eigenvalue weighted by molar-refractivity contribution is -0.139. The monoisotopic (exact) mass is 247 g/mol. The number of carboxylic acids is 1. The topological polar surface area (TPSA) is 77.1 Å². The molecule has 1 aromatic heterocycles. The van der Waals surface area contributed by atoms with Gasteiger partial charge in [-0.15, -0.1) is 0 Å². The number of aliphatic carboxylic acids is 1. The standard InChI is InChI=1S/C13H17N3O2/c1-14-12(13(17)18)8-15-6-9-7-16-11-5-3-2-4-10(9)11/h2-5,7,12,14-16H,6,8H2,1H3,(H,17,18). The number of carbonyl (C=O) groups is 1. The predicted molar refractivity (Wildman–Crippen MR) is 70.5 cm³/mol. The van der Waals surface area contributed by atoms with Crippen molar-refractivity contribution in [2.45, 2.75) is 12.6 Å². The van der Waals surface area contributed by atoms with Gasteiger partial charge in [-0.2, -0.15) is 0 Å². The number of benzene rings is 1. The molecule has 0 radical (unpaired) electrons. The second kappa shape index (κ2) is 5.66. The van der Waals surface area contributed by atoms with E-state index < -0.39 is 12.0 Å². The van der Waals surface area contributed by atoms with E-state index in [1.54, 1.807) is 7.05 Å². The summed E-state index contributed by atoms with van der Waals surface area (Å²) in [5.74, 6) is -0.844. The van der Waals surface area contributed by atoms with Crippen molar-refractivity contribution in [2.75, 3.05) is 13.6 Å². The van der Waals surface area contributed by atoms with Gasteiger partial charge in [0.05, 0.1) is 0 Å². The first kappa shape index (κ1) is 12.6. The molecule has 18 heavy (non-hydrogen) atoms. The van der Waals surface area contributed by atoms with E-state index in [4.69, 9.17) is 5.11 Å². The van der Waals surface area contributed by atoms with E-state index in [0.29, 0.717) is 13.1 Å². The molecule has 0 amide bonds. The van der Waals surface area contributed by atoms with Gasteiger partial charge in [0.1, 0.15) is 6.04 Å². The van der Waals surface area contributed by atoms with Crippen LogP contribution < -0.4 is 10.6 Å². The summed E-state index contributed by atoms with van der Waals surface area (Å²) in [4.78, 5) is 14.0. The van der Waals surface area contributed by atoms with Gasteiger partial charge in [0.25, 0.3) is 0 Å². The SMILES string of the molecule is CNC(CNCc1c[nH]c2ccccc12)C(=O)O. The van der Waals surface area contributed by atoms with Gasteiger partial charge in [-0.25, -0.2) is 0 Å². The second-order valence-corrected chi connectivity index (χ2v) is 4.17. The maximum absolute atomic E-state index is 10.8. The molecule has 1 atom stereocenters. The lowest BCUT2D eigenvalue weighted by atomic mass is 10.2. The zero-order valence-corrected chi connectivity index (χ0v) is 10.2. The first-order valence-electron chi connectivity index (χ1n) is 5.88. The van der Waals surface area contributed by atoms with Crippen molar-refractivity contribution < 1.29 is 9.90 Å². The quantitative estimate of drug-likeness (QED) is 0.612. The largest absolute Gasteiger partial charge is 0.480 e. The Morgan fingerprint density at radius 2 is 2.22 bits per heavy atom. The maximum atomic E-state index is 10.8. The van der Waals surface area contributed by atoms with Gasteiger partial charge in [0, 0.05) is 30.2 Å². The number of fused-ring (bicyclic) bond motifs is 1. The van der Waals surface area contributed by atoms with Crippen LogP contribution >= 0.6 is 0 Å². The predicted octanol–water partition coefficient (Wildman–Crippen LogP) is 0.930. The molecule has 1 aromatic carbocycles. The van der Waals surface area contributed by atoms with E-state index in [9.17, 15) is 4.79 Å². The van der Waals surface area contributed by atoms with Crippen LogP contribution in [0.4, 0.5) is 0 Å². The van der Waals surface area contributed by atoms with Gasteiger partial charge < -0.3 is 20.7 Å². The minimum atomic E-state index is -0.844. The molecule has 2 rings (SSSR count). The van der Waals surface area contributed by atoms with Crippen molar-refractivity contribution in [3.05, 3.63) is 36.0 Å². The molecular formula is C13H17N3O2. The summed E-state index contributed by atoms with van der Waals surface area (Å²) in [6, 6.07) is 7.49. The van der Waals surface area contributed by atoms with Crippen molar-refractivity contribution in [3.8, 4) is 0 Å². The van der Waals surface area contributed by atoms with Crippen LogP contribution in [0.2, 0.25) is 0 Å². The Labute approximate surface area is 105 Å². The summed E-state index contributed by atoms with van der Waals surface area (Å²) >= 11 is 0. The van der Waals surface area contributed by atoms with Crippen molar-refractivity contribution in [3.63, 3.8) is 0 Å². The number of hydrogen-bond acceptors (Lipinski definition) is 3. The Morgan fingerprint density at radius 3 is 2.94 bits per heavy atom. The Kier molecular flexibility index (Phi) is 3.96. The third-order valence-corrected chi connectivity index (χ3v) is 2.99. The minimum absolute atomic E-state index is 0.394. The van der Waals surface area contributed by atoms with Crippen LogP contribution in [-0.2, 0) is 11.3 Å². The van der Waals surface area contributed by atoms with E-state index in [1.165, 1.54) is 5.39 Å². The number of carboxylic acid groups (broad SMARTS) is 1. The number of nitrogens with one attached hydrogen (secondary N) is 3. The fraction of sp³-hybridized carbons (Fsp3) is 0.308. The summed E-state index contributed by atoms with van der Waals surface area (Å²) in [5.41, 5.74) is 2.24. The van der Waals surface area contributed by atoms with Gasteiger partial charge in [0.2, 0.25) is 0 Å². The minimum Gasteiger partial charge on any atom is -0.480 e. The highest BCUT2D eigenvalue weighted by Gasteiger charge is 2.13. The smallest absolute Gasteiger partial charge is 0.322 e. The molecule has 5 heteroatoms. The van der Waals surface area contributed by atoms with Gasteiger partial charge in [-0.3, -0.25) is 4.79 Å². The second-order valence-electron chi connectivity index (χ2n) is 4.17. The van der Waals surface area contributed by atoms with Crippen LogP contribution in [0.5, 0.6) is 0 Å². The molecule has 0 saturated heterocycles. The molecular weight excluding hydrogens is 230 g/mol. The molecule has 5 nitrogen and oxygen atoms in total. The third-order valence-electron chi connectivity index (χ3n) is 2.99. The van der Waals surface area contributed by atoms with Crippen molar-refractivity contribution in [2.24, 2.45) is 0 Å². The number of aromatic nitrogens is 1. The Balaban J connectivity index is 1.96. The van der Waals surface area contributed by atoms with Gasteiger partial charge in [-0.1, -0.05) is 18.2 Å². The highest BCUT2D eigenvalue weighted by molar-refractivity contribution is 5.83. The normalized spacial score (nSPS) is 12.7.